The van der Waals surface area contributed by atoms with Gasteiger partial charge in [-0.25, -0.2) is 19.2 Å². The van der Waals surface area contributed by atoms with Crippen molar-refractivity contribution in [2.45, 2.75) is 211 Å². The summed E-state index contributed by atoms with van der Waals surface area (Å²) >= 11 is 0. The van der Waals surface area contributed by atoms with Gasteiger partial charge in [0.05, 0.1) is 37.0 Å². The minimum atomic E-state index is -1.18. The molecule has 0 aromatic rings. The number of nitrogens with two attached hydrogens (primary N) is 3. The molecule has 0 aromatic carbocycles. The van der Waals surface area contributed by atoms with Gasteiger partial charge in [-0.3, -0.25) is 53.2 Å². The first-order valence-corrected chi connectivity index (χ1v) is 26.8. The fourth-order valence-electron chi connectivity index (χ4n) is 6.61. The van der Waals surface area contributed by atoms with E-state index in [2.05, 4.69) is 16.0 Å². The number of aliphatic carboxylic acids is 3. The van der Waals surface area contributed by atoms with E-state index < -0.39 is 130 Å². The summed E-state index contributed by atoms with van der Waals surface area (Å²) in [5.41, 5.74) is 13.0. The van der Waals surface area contributed by atoms with E-state index in [1.165, 1.54) is 0 Å². The maximum Gasteiger partial charge on any atom is 0.337 e. The van der Waals surface area contributed by atoms with Crippen molar-refractivity contribution in [2.24, 2.45) is 52.7 Å². The van der Waals surface area contributed by atoms with Gasteiger partial charge in [0.15, 0.2) is 0 Å². The zero-order valence-electron chi connectivity index (χ0n) is 50.6. The number of primary amides is 2. The fourth-order valence-corrected chi connectivity index (χ4v) is 6.61. The van der Waals surface area contributed by atoms with Crippen LogP contribution < -0.4 is 33.2 Å². The minimum Gasteiger partial charge on any atom is -0.481 e. The molecule has 30 heteroatoms. The Morgan fingerprint density at radius 3 is 1.14 bits per heavy atom. The lowest BCUT2D eigenvalue weighted by Crippen LogP contribution is -2.46. The van der Waals surface area contributed by atoms with Crippen molar-refractivity contribution in [3.8, 4) is 0 Å². The highest BCUT2D eigenvalue weighted by Gasteiger charge is 2.37. The topological polar surface area (TPSA) is 477 Å². The van der Waals surface area contributed by atoms with Crippen LogP contribution in [0.15, 0.2) is 0 Å². The highest BCUT2D eigenvalue weighted by Crippen LogP contribution is 2.24. The number of esters is 3. The summed E-state index contributed by atoms with van der Waals surface area (Å²) in [5.74, 6) is -10.6. The molecule has 30 nitrogen and oxygen atoms in total. The lowest BCUT2D eigenvalue weighted by Gasteiger charge is -2.25. The van der Waals surface area contributed by atoms with Crippen molar-refractivity contribution in [1.29, 1.82) is 0 Å². The van der Waals surface area contributed by atoms with Crippen LogP contribution in [0.5, 0.6) is 0 Å². The minimum absolute atomic E-state index is 0. The monoisotopic (exact) mass is 1210 g/mol. The molecule has 2 aliphatic rings. The average molecular weight is 1210 g/mol. The Morgan fingerprint density at radius 2 is 0.857 bits per heavy atom. The van der Waals surface area contributed by atoms with E-state index in [-0.39, 0.29) is 88.2 Å². The Kier molecular flexibility index (Phi) is 39.4. The standard InChI is InChI=1S/C17H31N3O6.C15H23NO6.C11H20O4.C6H13N3O3.C4H5NO3.CH4/c1-10(2)11(9-13(21)26-17(3,4)5)14(22)20-12(15(23)24)7-6-8-19-16(18)25;1-9(2)10(8-13(19)21-15(3,4)5)14(20)22-16-11(17)6-7-12(16)18;1-7(2)8(10(13)14)6-9(12)15-11(3,4)5;7-4(5(10)11)2-1-3-9-6(8)12;6-3-1-2-4(7)5(3)8;/h10-12H,6-9H2,1-5H3,(H,20,22)(H,23,24)(H3,18,19,25);9-10H,6-8H2,1-5H3;7-8H,6H2,1-5H3,(H,13,14);4H,1-3,7H2,(H,10,11)(H3,8,9,12);8H,1-2H2;1H4/t11-,12-;10-;8-;4-;;/m0000../s1. The zero-order valence-corrected chi connectivity index (χ0v) is 50.6. The Hall–Kier alpha value is -7.50. The van der Waals surface area contributed by atoms with Crippen LogP contribution in [0.3, 0.4) is 0 Å². The predicted octanol–water partition coefficient (Wildman–Crippen LogP) is 3.69. The summed E-state index contributed by atoms with van der Waals surface area (Å²) in [6, 6.07) is -3.28. The van der Waals surface area contributed by atoms with Crippen LogP contribution in [-0.4, -0.2) is 156 Å². The van der Waals surface area contributed by atoms with E-state index in [0.717, 1.165) is 0 Å². The number of carboxylic acids is 3. The molecule has 0 bridgehead atoms. The molecule has 2 heterocycles. The van der Waals surface area contributed by atoms with Crippen LogP contribution in [0.2, 0.25) is 0 Å². The van der Waals surface area contributed by atoms with E-state index in [0.29, 0.717) is 30.9 Å². The van der Waals surface area contributed by atoms with Gasteiger partial charge in [0, 0.05) is 38.8 Å². The van der Waals surface area contributed by atoms with E-state index in [9.17, 15) is 72.2 Å². The number of hydrogen-bond acceptors (Lipinski definition) is 20. The van der Waals surface area contributed by atoms with Crippen molar-refractivity contribution in [2.75, 3.05) is 13.1 Å². The first-order valence-electron chi connectivity index (χ1n) is 26.8. The molecule has 484 valence electrons. The van der Waals surface area contributed by atoms with Gasteiger partial charge < -0.3 is 67.5 Å². The van der Waals surface area contributed by atoms with E-state index in [1.54, 1.807) is 104 Å². The number of carboxylic acid groups (broad SMARTS) is 3. The molecule has 0 aromatic heterocycles. The molecule has 84 heavy (non-hydrogen) atoms. The Morgan fingerprint density at radius 1 is 0.524 bits per heavy atom. The summed E-state index contributed by atoms with van der Waals surface area (Å²) in [6.07, 6.45) is 1.30. The second-order valence-corrected chi connectivity index (χ2v) is 23.1. The van der Waals surface area contributed by atoms with Gasteiger partial charge in [-0.2, -0.15) is 5.06 Å². The normalized spacial score (nSPS) is 14.8. The molecule has 0 radical (unpaired) electrons. The third kappa shape index (κ3) is 40.7. The number of urea groups is 2. The second kappa shape index (κ2) is 39.9. The lowest BCUT2D eigenvalue weighted by atomic mass is 9.91. The molecule has 2 aliphatic heterocycles. The van der Waals surface area contributed by atoms with Crippen LogP contribution in [0.4, 0.5) is 9.59 Å². The molecule has 0 unspecified atom stereocenters. The number of hydroxylamine groups is 4. The Balaban J connectivity index is -0.000000499. The number of rotatable bonds is 24. The molecule has 2 rings (SSSR count). The van der Waals surface area contributed by atoms with Gasteiger partial charge >= 0.3 is 53.8 Å². The van der Waals surface area contributed by atoms with Gasteiger partial charge in [-0.1, -0.05) is 49.0 Å². The number of imide groups is 2. The first kappa shape index (κ1) is 83.0. The second-order valence-electron chi connectivity index (χ2n) is 23.1. The van der Waals surface area contributed by atoms with E-state index in [4.69, 9.17) is 51.7 Å². The van der Waals surface area contributed by atoms with Crippen LogP contribution in [0.25, 0.3) is 0 Å². The van der Waals surface area contributed by atoms with Gasteiger partial charge in [0.2, 0.25) is 5.91 Å². The number of carbonyl (C=O) groups is 14. The van der Waals surface area contributed by atoms with Crippen molar-refractivity contribution >= 4 is 83.4 Å². The van der Waals surface area contributed by atoms with E-state index in [1.807, 2.05) is 0 Å². The smallest absolute Gasteiger partial charge is 0.337 e. The van der Waals surface area contributed by atoms with Crippen molar-refractivity contribution in [3.63, 3.8) is 0 Å². The molecule has 2 fully saturated rings. The number of nitrogens with zero attached hydrogens (tertiary/aromatic N) is 2. The van der Waals surface area contributed by atoms with Crippen molar-refractivity contribution < 1.29 is 107 Å². The van der Waals surface area contributed by atoms with Gasteiger partial charge in [-0.05, 0) is 106 Å². The average Bonchev–Trinajstić information content (AvgIpc) is 3.79. The Labute approximate surface area is 491 Å². The van der Waals surface area contributed by atoms with Crippen LogP contribution in [0.1, 0.15) is 182 Å². The predicted molar refractivity (Wildman–Crippen MR) is 300 cm³/mol. The van der Waals surface area contributed by atoms with Gasteiger partial charge in [0.1, 0.15) is 28.9 Å². The summed E-state index contributed by atoms with van der Waals surface area (Å²) in [7, 11) is 0. The summed E-state index contributed by atoms with van der Waals surface area (Å²) < 4.78 is 15.5. The molecule has 13 N–H and O–H groups in total. The third-order valence-corrected chi connectivity index (χ3v) is 10.9. The maximum atomic E-state index is 12.5. The molecule has 0 aliphatic carbocycles. The SMILES string of the molecule is C.CC(C)[C@H](CC(=O)OC(C)(C)C)C(=O)N[C@@H](CCCNC(N)=O)C(=O)O.CC(C)[C@H](CC(=O)OC(C)(C)C)C(=O)O.CC(C)[C@H](CC(=O)OC(C)(C)C)C(=O)ON1C(=O)CCC1=O.NC(=O)NCCC[C@H](N)C(=O)O.O=C1CCC(=O)N1O. The number of hydrogen-bond donors (Lipinski definition) is 10. The first-order chi connectivity index (χ1) is 37.7. The third-order valence-electron chi connectivity index (χ3n) is 10.9. The summed E-state index contributed by atoms with van der Waals surface area (Å²) in [6.45, 7) is 26.9. The summed E-state index contributed by atoms with van der Waals surface area (Å²) in [4.78, 5) is 161. The highest BCUT2D eigenvalue weighted by atomic mass is 16.7. The van der Waals surface area contributed by atoms with Crippen molar-refractivity contribution in [1.82, 2.24) is 26.1 Å². The quantitative estimate of drug-likeness (QED) is 0.0216. The van der Waals surface area contributed by atoms with Gasteiger partial charge in [0.25, 0.3) is 23.6 Å². The number of nitrogens with one attached hydrogen (secondary N) is 3. The molecule has 5 atom stereocenters. The van der Waals surface area contributed by atoms with Crippen LogP contribution in [-0.2, 0) is 76.6 Å². The molecular weight excluding hydrogens is 1110 g/mol. The lowest BCUT2D eigenvalue weighted by molar-refractivity contribution is -0.202. The highest BCUT2D eigenvalue weighted by molar-refractivity contribution is 6.02. The summed E-state index contributed by atoms with van der Waals surface area (Å²) in [5, 5.41) is 42.7. The number of amides is 9. The van der Waals surface area contributed by atoms with Crippen molar-refractivity contribution in [3.05, 3.63) is 0 Å². The van der Waals surface area contributed by atoms with E-state index >= 15 is 0 Å². The number of ether oxygens (including phenoxy) is 3. The molecule has 2 saturated heterocycles. The molecule has 0 saturated carbocycles. The van der Waals surface area contributed by atoms with Crippen LogP contribution in [0, 0.1) is 35.5 Å². The molecule has 9 amide bonds. The number of carbonyl (C=O) groups excluding carboxylic acids is 11. The fraction of sp³-hybridized carbons (Fsp3) is 0.741. The van der Waals surface area contributed by atoms with Gasteiger partial charge in [-0.15, -0.1) is 5.06 Å². The maximum absolute atomic E-state index is 12.5. The zero-order chi connectivity index (χ0) is 65.5. The largest absolute Gasteiger partial charge is 0.481 e. The Bertz CT molecular complexity index is 2180. The van der Waals surface area contributed by atoms with Crippen LogP contribution >= 0.6 is 0 Å². The molecular formula is C54H96N8O22. The molecule has 0 spiro atoms.